The van der Waals surface area contributed by atoms with Gasteiger partial charge in [0.1, 0.15) is 5.71 Å². The fourth-order valence-electron chi connectivity index (χ4n) is 4.51. The molecule has 0 amide bonds. The quantitative estimate of drug-likeness (QED) is 0.331. The fraction of sp³-hybridized carbons (Fsp3) is 0.435. The molecule has 2 fully saturated rings. The topological polar surface area (TPSA) is 125 Å². The fourth-order valence-corrected chi connectivity index (χ4v) is 6.80. The summed E-state index contributed by atoms with van der Waals surface area (Å²) in [7, 11) is -7.42. The zero-order valence-corrected chi connectivity index (χ0v) is 19.8. The summed E-state index contributed by atoms with van der Waals surface area (Å²) in [5, 5.41) is 13.1. The average Bonchev–Trinajstić information content (AvgIpc) is 3.03. The summed E-state index contributed by atoms with van der Waals surface area (Å²) in [6.45, 7) is 0.825. The van der Waals surface area contributed by atoms with E-state index in [1.54, 1.807) is 12.1 Å². The van der Waals surface area contributed by atoms with Crippen LogP contribution in [0.3, 0.4) is 0 Å². The molecule has 0 spiro atoms. The van der Waals surface area contributed by atoms with Gasteiger partial charge >= 0.3 is 0 Å². The molecule has 0 radical (unpaired) electrons. The maximum Gasteiger partial charge on any atom is 0.240 e. The van der Waals surface area contributed by atoms with Crippen LogP contribution in [0.5, 0.6) is 0 Å². The number of oxime groups is 1. The van der Waals surface area contributed by atoms with Crippen molar-refractivity contribution in [2.45, 2.75) is 48.3 Å². The van der Waals surface area contributed by atoms with Crippen molar-refractivity contribution in [3.05, 3.63) is 47.5 Å². The second-order valence-electron chi connectivity index (χ2n) is 9.16. The second-order valence-corrected chi connectivity index (χ2v) is 12.7. The minimum absolute atomic E-state index is 0.0875. The van der Waals surface area contributed by atoms with Gasteiger partial charge in [-0.05, 0) is 72.9 Å². The summed E-state index contributed by atoms with van der Waals surface area (Å²) < 4.78 is 56.5. The zero-order chi connectivity index (χ0) is 23.2. The van der Waals surface area contributed by atoms with Gasteiger partial charge in [0, 0.05) is 24.2 Å². The molecule has 10 heteroatoms. The first-order chi connectivity index (χ1) is 15.8. The van der Waals surface area contributed by atoms with Crippen molar-refractivity contribution in [2.75, 3.05) is 13.1 Å². The Balaban J connectivity index is 1.43. The standard InChI is InChI=1S/C23H27N3O5S2/c27-26-23-21-11-17(32(28,29)24-13-15-3-1-4-15)7-9-19(21)20-10-8-18(12-22(20)23)33(30,31)25-14-16-5-2-6-16/h7-12,15-16,24-25,27H,1-6,13-14H2. The van der Waals surface area contributed by atoms with Crippen molar-refractivity contribution < 1.29 is 22.0 Å². The van der Waals surface area contributed by atoms with Crippen LogP contribution in [0.1, 0.15) is 49.7 Å². The Labute approximate surface area is 194 Å². The van der Waals surface area contributed by atoms with E-state index in [0.717, 1.165) is 38.5 Å². The lowest BCUT2D eigenvalue weighted by Gasteiger charge is -2.25. The third kappa shape index (κ3) is 4.21. The van der Waals surface area contributed by atoms with Crippen molar-refractivity contribution in [1.82, 2.24) is 9.44 Å². The summed E-state index contributed by atoms with van der Waals surface area (Å²) in [4.78, 5) is 0.175. The van der Waals surface area contributed by atoms with Crippen molar-refractivity contribution in [3.8, 4) is 11.1 Å². The van der Waals surface area contributed by atoms with Crippen LogP contribution in [0.25, 0.3) is 11.1 Å². The van der Waals surface area contributed by atoms with Gasteiger partial charge in [-0.1, -0.05) is 30.1 Å². The van der Waals surface area contributed by atoms with E-state index in [1.807, 2.05) is 0 Å². The number of rotatable bonds is 8. The Bertz CT molecular complexity index is 1230. The van der Waals surface area contributed by atoms with E-state index in [1.165, 1.54) is 24.3 Å². The van der Waals surface area contributed by atoms with Crippen molar-refractivity contribution in [2.24, 2.45) is 17.0 Å². The van der Waals surface area contributed by atoms with E-state index in [2.05, 4.69) is 14.6 Å². The Morgan fingerprint density at radius 2 is 1.15 bits per heavy atom. The Morgan fingerprint density at radius 1 is 0.727 bits per heavy atom. The van der Waals surface area contributed by atoms with Crippen LogP contribution in [0.4, 0.5) is 0 Å². The SMILES string of the molecule is O=S(=O)(NCC1CCC1)c1ccc2c(c1)C(=NO)c1cc(S(=O)(=O)NCC3CCC3)ccc1-2. The molecule has 0 unspecified atom stereocenters. The van der Waals surface area contributed by atoms with Crippen LogP contribution in [0, 0.1) is 11.8 Å². The van der Waals surface area contributed by atoms with Crippen LogP contribution in [0.15, 0.2) is 51.3 Å². The highest BCUT2D eigenvalue weighted by atomic mass is 32.2. The third-order valence-electron chi connectivity index (χ3n) is 7.08. The minimum atomic E-state index is -3.71. The Morgan fingerprint density at radius 3 is 1.48 bits per heavy atom. The highest BCUT2D eigenvalue weighted by Crippen LogP contribution is 2.39. The molecule has 0 atom stereocenters. The number of fused-ring (bicyclic) bond motifs is 3. The first kappa shape index (κ1) is 22.5. The lowest BCUT2D eigenvalue weighted by molar-refractivity contribution is 0.316. The maximum absolute atomic E-state index is 12.8. The lowest BCUT2D eigenvalue weighted by Crippen LogP contribution is -2.32. The molecule has 33 heavy (non-hydrogen) atoms. The van der Waals surface area contributed by atoms with Crippen molar-refractivity contribution in [3.63, 3.8) is 0 Å². The van der Waals surface area contributed by atoms with Gasteiger partial charge < -0.3 is 5.21 Å². The molecular weight excluding hydrogens is 462 g/mol. The molecule has 2 aromatic carbocycles. The normalized spacial score (nSPS) is 18.4. The highest BCUT2D eigenvalue weighted by molar-refractivity contribution is 7.89. The van der Waals surface area contributed by atoms with Gasteiger partial charge in [0.2, 0.25) is 20.0 Å². The van der Waals surface area contributed by atoms with Gasteiger partial charge in [-0.25, -0.2) is 26.3 Å². The van der Waals surface area contributed by atoms with Gasteiger partial charge in [0.15, 0.2) is 0 Å². The van der Waals surface area contributed by atoms with E-state index in [0.29, 0.717) is 47.2 Å². The van der Waals surface area contributed by atoms with E-state index in [9.17, 15) is 22.0 Å². The van der Waals surface area contributed by atoms with E-state index < -0.39 is 20.0 Å². The van der Waals surface area contributed by atoms with E-state index in [4.69, 9.17) is 0 Å². The molecule has 2 aromatic rings. The number of hydrogen-bond donors (Lipinski definition) is 3. The summed E-state index contributed by atoms with van der Waals surface area (Å²) >= 11 is 0. The van der Waals surface area contributed by atoms with E-state index >= 15 is 0 Å². The largest absolute Gasteiger partial charge is 0.410 e. The predicted molar refractivity (Wildman–Crippen MR) is 124 cm³/mol. The molecule has 0 saturated heterocycles. The zero-order valence-electron chi connectivity index (χ0n) is 18.1. The molecule has 0 bridgehead atoms. The molecule has 3 aliphatic carbocycles. The van der Waals surface area contributed by atoms with Crippen LogP contribution in [-0.2, 0) is 20.0 Å². The third-order valence-corrected chi connectivity index (χ3v) is 9.92. The van der Waals surface area contributed by atoms with Gasteiger partial charge in [0.25, 0.3) is 0 Å². The minimum Gasteiger partial charge on any atom is -0.410 e. The first-order valence-corrected chi connectivity index (χ1v) is 14.3. The smallest absolute Gasteiger partial charge is 0.240 e. The maximum atomic E-state index is 12.8. The number of hydrogen-bond acceptors (Lipinski definition) is 6. The molecule has 0 aliphatic heterocycles. The first-order valence-electron chi connectivity index (χ1n) is 11.3. The number of sulfonamides is 2. The Hall–Kier alpha value is -2.27. The number of nitrogens with zero attached hydrogens (tertiary/aromatic N) is 1. The number of benzene rings is 2. The Kier molecular flexibility index (Phi) is 5.80. The molecule has 176 valence electrons. The molecule has 5 rings (SSSR count). The molecule has 0 heterocycles. The van der Waals surface area contributed by atoms with Gasteiger partial charge in [-0.3, -0.25) is 0 Å². The molecule has 8 nitrogen and oxygen atoms in total. The molecule has 0 aromatic heterocycles. The average molecular weight is 490 g/mol. The summed E-state index contributed by atoms with van der Waals surface area (Å²) in [6, 6.07) is 9.36. The van der Waals surface area contributed by atoms with Crippen LogP contribution >= 0.6 is 0 Å². The van der Waals surface area contributed by atoms with Crippen LogP contribution < -0.4 is 9.44 Å². The highest BCUT2D eigenvalue weighted by Gasteiger charge is 2.30. The van der Waals surface area contributed by atoms with Gasteiger partial charge in [-0.15, -0.1) is 0 Å². The molecule has 2 saturated carbocycles. The predicted octanol–water partition coefficient (Wildman–Crippen LogP) is 3.05. The molecule has 3 N–H and O–H groups in total. The summed E-state index contributed by atoms with van der Waals surface area (Å²) in [6.07, 6.45) is 6.39. The second kappa shape index (κ2) is 8.50. The number of nitrogens with one attached hydrogen (secondary N) is 2. The van der Waals surface area contributed by atoms with Crippen molar-refractivity contribution >= 4 is 25.8 Å². The monoisotopic (exact) mass is 489 g/mol. The lowest BCUT2D eigenvalue weighted by atomic mass is 9.86. The summed E-state index contributed by atoms with van der Waals surface area (Å²) in [5.74, 6) is 0.762. The van der Waals surface area contributed by atoms with Crippen LogP contribution in [-0.4, -0.2) is 40.8 Å². The van der Waals surface area contributed by atoms with Crippen LogP contribution in [0.2, 0.25) is 0 Å². The van der Waals surface area contributed by atoms with E-state index in [-0.39, 0.29) is 15.5 Å². The molecular formula is C23H27N3O5S2. The molecule has 3 aliphatic rings. The summed E-state index contributed by atoms with van der Waals surface area (Å²) in [5.41, 5.74) is 2.46. The van der Waals surface area contributed by atoms with Gasteiger partial charge in [-0.2, -0.15) is 0 Å². The van der Waals surface area contributed by atoms with Gasteiger partial charge in [0.05, 0.1) is 9.79 Å². The van der Waals surface area contributed by atoms with Crippen molar-refractivity contribution in [1.29, 1.82) is 0 Å².